The lowest BCUT2D eigenvalue weighted by Gasteiger charge is -2.11. The quantitative estimate of drug-likeness (QED) is 0.645. The van der Waals surface area contributed by atoms with Crippen molar-refractivity contribution < 1.29 is 22.4 Å². The SMILES string of the molecule is C#Cc1cc(NC(=O)c2cc(C(F)(F)F)ccc2F)ccc1C. The molecule has 0 aromatic heterocycles. The van der Waals surface area contributed by atoms with E-state index in [-0.39, 0.29) is 5.69 Å². The van der Waals surface area contributed by atoms with Gasteiger partial charge in [0.15, 0.2) is 0 Å². The van der Waals surface area contributed by atoms with Gasteiger partial charge in [-0.05, 0) is 42.8 Å². The lowest BCUT2D eigenvalue weighted by molar-refractivity contribution is -0.137. The number of anilines is 1. The summed E-state index contributed by atoms with van der Waals surface area (Å²) in [4.78, 5) is 12.0. The predicted octanol–water partition coefficient (Wildman–Crippen LogP) is 4.39. The second kappa shape index (κ2) is 6.13. The summed E-state index contributed by atoms with van der Waals surface area (Å²) in [6.45, 7) is 1.77. The summed E-state index contributed by atoms with van der Waals surface area (Å²) in [6.07, 6.45) is 0.642. The molecule has 0 radical (unpaired) electrons. The van der Waals surface area contributed by atoms with E-state index in [1.165, 1.54) is 12.1 Å². The first kappa shape index (κ1) is 16.6. The third-order valence-electron chi connectivity index (χ3n) is 3.19. The van der Waals surface area contributed by atoms with Gasteiger partial charge < -0.3 is 5.32 Å². The highest BCUT2D eigenvalue weighted by molar-refractivity contribution is 6.04. The van der Waals surface area contributed by atoms with Crippen molar-refractivity contribution in [2.24, 2.45) is 0 Å². The zero-order chi connectivity index (χ0) is 17.2. The molecular formula is C17H11F4NO. The fourth-order valence-corrected chi connectivity index (χ4v) is 1.93. The van der Waals surface area contributed by atoms with Crippen LogP contribution in [0.25, 0.3) is 0 Å². The number of aryl methyl sites for hydroxylation is 1. The highest BCUT2D eigenvalue weighted by atomic mass is 19.4. The van der Waals surface area contributed by atoms with E-state index in [0.29, 0.717) is 23.8 Å². The summed E-state index contributed by atoms with van der Waals surface area (Å²) in [7, 11) is 0. The van der Waals surface area contributed by atoms with Crippen LogP contribution in [-0.2, 0) is 6.18 Å². The fraction of sp³-hybridized carbons (Fsp3) is 0.118. The van der Waals surface area contributed by atoms with Gasteiger partial charge in [0.25, 0.3) is 5.91 Å². The van der Waals surface area contributed by atoms with Crippen molar-refractivity contribution in [1.29, 1.82) is 0 Å². The van der Waals surface area contributed by atoms with Crippen LogP contribution < -0.4 is 5.32 Å². The number of hydrogen-bond donors (Lipinski definition) is 1. The predicted molar refractivity (Wildman–Crippen MR) is 78.5 cm³/mol. The molecule has 0 aliphatic carbocycles. The van der Waals surface area contributed by atoms with E-state index < -0.39 is 29.0 Å². The smallest absolute Gasteiger partial charge is 0.322 e. The Balaban J connectivity index is 2.33. The van der Waals surface area contributed by atoms with Gasteiger partial charge in [-0.3, -0.25) is 4.79 Å². The van der Waals surface area contributed by atoms with Crippen LogP contribution >= 0.6 is 0 Å². The van der Waals surface area contributed by atoms with E-state index >= 15 is 0 Å². The lowest BCUT2D eigenvalue weighted by Crippen LogP contribution is -2.16. The molecule has 0 saturated carbocycles. The molecule has 2 nitrogen and oxygen atoms in total. The molecule has 0 heterocycles. The number of hydrogen-bond acceptors (Lipinski definition) is 1. The molecule has 2 aromatic rings. The van der Waals surface area contributed by atoms with Crippen LogP contribution in [-0.4, -0.2) is 5.91 Å². The van der Waals surface area contributed by atoms with Crippen molar-refractivity contribution in [2.45, 2.75) is 13.1 Å². The number of carbonyl (C=O) groups excluding carboxylic acids is 1. The average molecular weight is 321 g/mol. The highest BCUT2D eigenvalue weighted by Gasteiger charge is 2.31. The topological polar surface area (TPSA) is 29.1 Å². The Labute approximate surface area is 130 Å². The van der Waals surface area contributed by atoms with Crippen LogP contribution in [0, 0.1) is 25.1 Å². The first-order valence-electron chi connectivity index (χ1n) is 6.47. The van der Waals surface area contributed by atoms with E-state index in [9.17, 15) is 22.4 Å². The molecule has 0 aliphatic rings. The Kier molecular flexibility index (Phi) is 4.41. The molecule has 23 heavy (non-hydrogen) atoms. The Morgan fingerprint density at radius 3 is 2.48 bits per heavy atom. The van der Waals surface area contributed by atoms with Crippen LogP contribution in [0.3, 0.4) is 0 Å². The summed E-state index contributed by atoms with van der Waals surface area (Å²) >= 11 is 0. The molecule has 1 N–H and O–H groups in total. The third kappa shape index (κ3) is 3.69. The second-order valence-corrected chi connectivity index (χ2v) is 4.82. The van der Waals surface area contributed by atoms with Crippen molar-refractivity contribution in [3.8, 4) is 12.3 Å². The number of nitrogens with one attached hydrogen (secondary N) is 1. The Hall–Kier alpha value is -2.81. The normalized spacial score (nSPS) is 11.0. The van der Waals surface area contributed by atoms with E-state index in [2.05, 4.69) is 11.2 Å². The number of carbonyl (C=O) groups is 1. The second-order valence-electron chi connectivity index (χ2n) is 4.82. The zero-order valence-corrected chi connectivity index (χ0v) is 12.0. The molecule has 1 amide bonds. The van der Waals surface area contributed by atoms with E-state index in [1.807, 2.05) is 0 Å². The summed E-state index contributed by atoms with van der Waals surface area (Å²) in [5, 5.41) is 2.34. The number of amides is 1. The number of rotatable bonds is 2. The maximum absolute atomic E-state index is 13.7. The number of alkyl halides is 3. The van der Waals surface area contributed by atoms with Crippen molar-refractivity contribution >= 4 is 11.6 Å². The maximum atomic E-state index is 13.7. The molecule has 118 valence electrons. The van der Waals surface area contributed by atoms with Crippen LogP contribution in [0.4, 0.5) is 23.2 Å². The fourth-order valence-electron chi connectivity index (χ4n) is 1.93. The number of halogens is 4. The van der Waals surface area contributed by atoms with E-state index in [4.69, 9.17) is 6.42 Å². The minimum absolute atomic E-state index is 0.269. The molecule has 0 fully saturated rings. The summed E-state index contributed by atoms with van der Waals surface area (Å²) in [6, 6.07) is 6.32. The van der Waals surface area contributed by atoms with Crippen LogP contribution in [0.5, 0.6) is 0 Å². The minimum Gasteiger partial charge on any atom is -0.322 e. The summed E-state index contributed by atoms with van der Waals surface area (Å²) < 4.78 is 51.6. The average Bonchev–Trinajstić information content (AvgIpc) is 2.48. The zero-order valence-electron chi connectivity index (χ0n) is 12.0. The minimum atomic E-state index is -4.66. The van der Waals surface area contributed by atoms with Crippen molar-refractivity contribution in [3.63, 3.8) is 0 Å². The Morgan fingerprint density at radius 2 is 1.87 bits per heavy atom. The summed E-state index contributed by atoms with van der Waals surface area (Å²) in [5.41, 5.74) is -0.201. The van der Waals surface area contributed by atoms with Gasteiger partial charge in [-0.1, -0.05) is 12.0 Å². The van der Waals surface area contributed by atoms with Gasteiger partial charge in [0.05, 0.1) is 11.1 Å². The standard InChI is InChI=1S/C17H11F4NO/c1-3-11-8-13(6-4-10(11)2)22-16(23)14-9-12(17(19,20)21)5-7-15(14)18/h1,4-9H,2H3,(H,22,23). The molecule has 2 aromatic carbocycles. The Bertz CT molecular complexity index is 803. The first-order valence-corrected chi connectivity index (χ1v) is 6.47. The van der Waals surface area contributed by atoms with Crippen LogP contribution in [0.1, 0.15) is 27.0 Å². The largest absolute Gasteiger partial charge is 0.416 e. The monoisotopic (exact) mass is 321 g/mol. The van der Waals surface area contributed by atoms with Gasteiger partial charge in [0.2, 0.25) is 0 Å². The van der Waals surface area contributed by atoms with Crippen molar-refractivity contribution in [3.05, 3.63) is 64.5 Å². The molecule has 0 spiro atoms. The van der Waals surface area contributed by atoms with Crippen molar-refractivity contribution in [2.75, 3.05) is 5.32 Å². The molecule has 0 aliphatic heterocycles. The molecule has 0 unspecified atom stereocenters. The van der Waals surface area contributed by atoms with Gasteiger partial charge >= 0.3 is 6.18 Å². The van der Waals surface area contributed by atoms with E-state index in [0.717, 1.165) is 5.56 Å². The number of benzene rings is 2. The molecule has 2 rings (SSSR count). The van der Waals surface area contributed by atoms with Gasteiger partial charge in [-0.15, -0.1) is 6.42 Å². The van der Waals surface area contributed by atoms with Crippen LogP contribution in [0.15, 0.2) is 36.4 Å². The third-order valence-corrected chi connectivity index (χ3v) is 3.19. The van der Waals surface area contributed by atoms with Crippen molar-refractivity contribution in [1.82, 2.24) is 0 Å². The molecule has 0 bridgehead atoms. The van der Waals surface area contributed by atoms with E-state index in [1.54, 1.807) is 13.0 Å². The van der Waals surface area contributed by atoms with Gasteiger partial charge in [-0.25, -0.2) is 4.39 Å². The van der Waals surface area contributed by atoms with Gasteiger partial charge in [-0.2, -0.15) is 13.2 Å². The first-order chi connectivity index (χ1) is 10.7. The summed E-state index contributed by atoms with van der Waals surface area (Å²) in [5.74, 6) is 0.387. The van der Waals surface area contributed by atoms with Gasteiger partial charge in [0, 0.05) is 11.3 Å². The molecule has 6 heteroatoms. The number of terminal acetylenes is 1. The lowest BCUT2D eigenvalue weighted by atomic mass is 10.1. The van der Waals surface area contributed by atoms with Crippen LogP contribution in [0.2, 0.25) is 0 Å². The molecule has 0 atom stereocenters. The Morgan fingerprint density at radius 1 is 1.17 bits per heavy atom. The molecule has 0 saturated heterocycles. The maximum Gasteiger partial charge on any atom is 0.416 e. The highest BCUT2D eigenvalue weighted by Crippen LogP contribution is 2.30. The van der Waals surface area contributed by atoms with Gasteiger partial charge in [0.1, 0.15) is 5.82 Å². The molecular weight excluding hydrogens is 310 g/mol.